The Labute approximate surface area is 105 Å². The van der Waals surface area contributed by atoms with Gasteiger partial charge >= 0.3 is 0 Å². The van der Waals surface area contributed by atoms with Crippen molar-refractivity contribution >= 4 is 0 Å². The molecule has 0 spiro atoms. The minimum absolute atomic E-state index is 0.136. The van der Waals surface area contributed by atoms with Crippen molar-refractivity contribution in [2.24, 2.45) is 11.7 Å². The van der Waals surface area contributed by atoms with Gasteiger partial charge in [0.2, 0.25) is 0 Å². The summed E-state index contributed by atoms with van der Waals surface area (Å²) in [5.74, 6) is 0.478. The lowest BCUT2D eigenvalue weighted by Crippen LogP contribution is -2.16. The Balaban J connectivity index is 2.31. The minimum atomic E-state index is 0.136. The molecular weight excluding hydrogens is 212 g/mol. The highest BCUT2D eigenvalue weighted by molar-refractivity contribution is 5.15. The first-order chi connectivity index (χ1) is 8.15. The molecule has 0 aromatic carbocycles. The number of unbranched alkanes of at least 4 members (excludes halogenated alkanes) is 1. The second kappa shape index (κ2) is 7.51. The Morgan fingerprint density at radius 1 is 1.35 bits per heavy atom. The van der Waals surface area contributed by atoms with Crippen LogP contribution in [0.5, 0.6) is 0 Å². The van der Waals surface area contributed by atoms with Crippen LogP contribution in [-0.2, 0) is 11.3 Å². The van der Waals surface area contributed by atoms with Crippen molar-refractivity contribution in [2.45, 2.75) is 46.2 Å². The summed E-state index contributed by atoms with van der Waals surface area (Å²) >= 11 is 0. The fourth-order valence-electron chi connectivity index (χ4n) is 1.70. The Bertz CT molecular complexity index is 307. The van der Waals surface area contributed by atoms with Gasteiger partial charge in [0.05, 0.1) is 6.61 Å². The summed E-state index contributed by atoms with van der Waals surface area (Å²) in [5.41, 5.74) is 7.32. The molecule has 0 bridgehead atoms. The number of hydrogen-bond donors (Lipinski definition) is 1. The van der Waals surface area contributed by atoms with Gasteiger partial charge in [-0.15, -0.1) is 0 Å². The van der Waals surface area contributed by atoms with E-state index >= 15 is 0 Å². The van der Waals surface area contributed by atoms with E-state index in [9.17, 15) is 0 Å². The van der Waals surface area contributed by atoms with Gasteiger partial charge in [-0.3, -0.25) is 0 Å². The molecule has 0 saturated carbocycles. The molecule has 98 valence electrons. The molecule has 1 rings (SSSR count). The van der Waals surface area contributed by atoms with Crippen LogP contribution in [0.2, 0.25) is 0 Å². The van der Waals surface area contributed by atoms with Gasteiger partial charge in [-0.25, -0.2) is 0 Å². The van der Waals surface area contributed by atoms with E-state index in [4.69, 9.17) is 10.5 Å². The molecule has 2 N–H and O–H groups in total. The Kier molecular flexibility index (Phi) is 6.30. The maximum absolute atomic E-state index is 6.10. The van der Waals surface area contributed by atoms with Crippen LogP contribution in [0.25, 0.3) is 0 Å². The molecule has 1 aromatic rings. The highest BCUT2D eigenvalue weighted by Gasteiger charge is 2.11. The van der Waals surface area contributed by atoms with Gasteiger partial charge < -0.3 is 15.0 Å². The van der Waals surface area contributed by atoms with Crippen LogP contribution in [0.1, 0.15) is 45.2 Å². The molecule has 1 atom stereocenters. The van der Waals surface area contributed by atoms with Crippen LogP contribution in [-0.4, -0.2) is 17.8 Å². The van der Waals surface area contributed by atoms with Crippen molar-refractivity contribution in [3.63, 3.8) is 0 Å². The summed E-state index contributed by atoms with van der Waals surface area (Å²) in [6, 6.07) is 2.24. The van der Waals surface area contributed by atoms with E-state index in [1.165, 1.54) is 12.0 Å². The largest absolute Gasteiger partial charge is 0.380 e. The number of rotatable bonds is 8. The average Bonchev–Trinajstić information content (AvgIpc) is 2.76. The second-order valence-electron chi connectivity index (χ2n) is 4.92. The van der Waals surface area contributed by atoms with Crippen LogP contribution >= 0.6 is 0 Å². The molecule has 1 heterocycles. The van der Waals surface area contributed by atoms with Gasteiger partial charge in [-0.1, -0.05) is 27.2 Å². The molecule has 1 unspecified atom stereocenters. The van der Waals surface area contributed by atoms with E-state index in [1.54, 1.807) is 0 Å². The standard InChI is InChI=1S/C14H26N2O/c1-4-5-9-17-10-8-16-7-6-13(11-16)14(15)12(2)3/h6-7,11-12,14H,4-5,8-10,15H2,1-3H3. The van der Waals surface area contributed by atoms with E-state index in [-0.39, 0.29) is 6.04 Å². The van der Waals surface area contributed by atoms with Gasteiger partial charge in [0.25, 0.3) is 0 Å². The maximum atomic E-state index is 6.10. The lowest BCUT2D eigenvalue weighted by atomic mass is 10.00. The minimum Gasteiger partial charge on any atom is -0.380 e. The third-order valence-corrected chi connectivity index (χ3v) is 3.01. The topological polar surface area (TPSA) is 40.2 Å². The second-order valence-corrected chi connectivity index (χ2v) is 4.92. The van der Waals surface area contributed by atoms with E-state index in [2.05, 4.69) is 43.8 Å². The van der Waals surface area contributed by atoms with Gasteiger partial charge in [0.1, 0.15) is 0 Å². The number of aromatic nitrogens is 1. The zero-order valence-electron chi connectivity index (χ0n) is 11.4. The van der Waals surface area contributed by atoms with E-state index in [0.717, 1.165) is 26.2 Å². The van der Waals surface area contributed by atoms with Crippen molar-refractivity contribution in [3.05, 3.63) is 24.0 Å². The fourth-order valence-corrected chi connectivity index (χ4v) is 1.70. The van der Waals surface area contributed by atoms with Crippen LogP contribution in [0.4, 0.5) is 0 Å². The molecule has 0 fully saturated rings. The van der Waals surface area contributed by atoms with Crippen LogP contribution in [0.15, 0.2) is 18.5 Å². The molecule has 0 saturated heterocycles. The Morgan fingerprint density at radius 2 is 2.12 bits per heavy atom. The highest BCUT2D eigenvalue weighted by atomic mass is 16.5. The lowest BCUT2D eigenvalue weighted by molar-refractivity contribution is 0.123. The van der Waals surface area contributed by atoms with Crippen molar-refractivity contribution in [3.8, 4) is 0 Å². The maximum Gasteiger partial charge on any atom is 0.0645 e. The summed E-state index contributed by atoms with van der Waals surface area (Å²) in [6.45, 7) is 9.04. The molecule has 3 heteroatoms. The fraction of sp³-hybridized carbons (Fsp3) is 0.714. The molecule has 3 nitrogen and oxygen atoms in total. The first-order valence-corrected chi connectivity index (χ1v) is 6.64. The first-order valence-electron chi connectivity index (χ1n) is 6.64. The third-order valence-electron chi connectivity index (χ3n) is 3.01. The van der Waals surface area contributed by atoms with Gasteiger partial charge in [-0.05, 0) is 24.0 Å². The van der Waals surface area contributed by atoms with E-state index in [0.29, 0.717) is 5.92 Å². The normalized spacial score (nSPS) is 13.2. The van der Waals surface area contributed by atoms with E-state index in [1.807, 2.05) is 0 Å². The Morgan fingerprint density at radius 3 is 2.76 bits per heavy atom. The number of nitrogens with two attached hydrogens (primary N) is 1. The van der Waals surface area contributed by atoms with Crippen molar-refractivity contribution in [1.82, 2.24) is 4.57 Å². The molecule has 0 aliphatic rings. The molecular formula is C14H26N2O. The summed E-state index contributed by atoms with van der Waals surface area (Å²) in [5, 5.41) is 0. The molecule has 0 aliphatic heterocycles. The molecule has 0 aliphatic carbocycles. The van der Waals surface area contributed by atoms with Crippen molar-refractivity contribution in [2.75, 3.05) is 13.2 Å². The number of ether oxygens (including phenoxy) is 1. The average molecular weight is 238 g/mol. The van der Waals surface area contributed by atoms with Crippen LogP contribution in [0.3, 0.4) is 0 Å². The quantitative estimate of drug-likeness (QED) is 0.707. The predicted octanol–water partition coefficient (Wildman–Crippen LogP) is 2.96. The van der Waals surface area contributed by atoms with Crippen molar-refractivity contribution in [1.29, 1.82) is 0 Å². The van der Waals surface area contributed by atoms with Gasteiger partial charge in [0.15, 0.2) is 0 Å². The van der Waals surface area contributed by atoms with Gasteiger partial charge in [-0.2, -0.15) is 0 Å². The predicted molar refractivity (Wildman–Crippen MR) is 71.9 cm³/mol. The lowest BCUT2D eigenvalue weighted by Gasteiger charge is -2.13. The van der Waals surface area contributed by atoms with Crippen LogP contribution in [0, 0.1) is 5.92 Å². The summed E-state index contributed by atoms with van der Waals surface area (Å²) < 4.78 is 7.70. The zero-order chi connectivity index (χ0) is 12.7. The summed E-state index contributed by atoms with van der Waals surface area (Å²) in [4.78, 5) is 0. The molecule has 0 radical (unpaired) electrons. The monoisotopic (exact) mass is 238 g/mol. The third kappa shape index (κ3) is 4.92. The first kappa shape index (κ1) is 14.3. The summed E-state index contributed by atoms with van der Waals surface area (Å²) in [7, 11) is 0. The molecule has 0 amide bonds. The number of nitrogens with zero attached hydrogens (tertiary/aromatic N) is 1. The molecule has 17 heavy (non-hydrogen) atoms. The van der Waals surface area contributed by atoms with Crippen molar-refractivity contribution < 1.29 is 4.74 Å². The Hall–Kier alpha value is -0.800. The van der Waals surface area contributed by atoms with Crippen LogP contribution < -0.4 is 5.73 Å². The SMILES string of the molecule is CCCCOCCn1ccc(C(N)C(C)C)c1. The summed E-state index contributed by atoms with van der Waals surface area (Å²) in [6.07, 6.45) is 6.56. The van der Waals surface area contributed by atoms with E-state index < -0.39 is 0 Å². The number of hydrogen-bond acceptors (Lipinski definition) is 2. The van der Waals surface area contributed by atoms with Gasteiger partial charge in [0, 0.05) is 31.6 Å². The highest BCUT2D eigenvalue weighted by Crippen LogP contribution is 2.18. The zero-order valence-corrected chi connectivity index (χ0v) is 11.4. The molecule has 1 aromatic heterocycles. The smallest absolute Gasteiger partial charge is 0.0645 e.